The maximum atomic E-state index is 5.02. The Morgan fingerprint density at radius 1 is 0.366 bits per heavy atom. The molecule has 0 unspecified atom stereocenters. The van der Waals surface area contributed by atoms with Crippen LogP contribution in [0.25, 0.3) is 67.2 Å². The van der Waals surface area contributed by atoms with Crippen LogP contribution < -0.4 is 0 Å². The van der Waals surface area contributed by atoms with Gasteiger partial charge in [-0.05, 0) is 51.9 Å². The molecule has 8 rings (SSSR count). The van der Waals surface area contributed by atoms with E-state index in [1.807, 2.05) is 72.4 Å². The van der Waals surface area contributed by atoms with E-state index in [1.165, 1.54) is 37.4 Å². The number of aromatic nitrogens is 3. The van der Waals surface area contributed by atoms with Gasteiger partial charge in [0.15, 0.2) is 17.5 Å². The predicted molar refractivity (Wildman–Crippen MR) is 169 cm³/mol. The van der Waals surface area contributed by atoms with Crippen molar-refractivity contribution in [2.45, 2.75) is 9.79 Å². The second-order valence-electron chi connectivity index (χ2n) is 10.1. The van der Waals surface area contributed by atoms with Gasteiger partial charge in [-0.1, -0.05) is 127 Å². The van der Waals surface area contributed by atoms with Crippen molar-refractivity contribution >= 4 is 22.5 Å². The minimum Gasteiger partial charge on any atom is -0.208 e. The third kappa shape index (κ3) is 4.21. The summed E-state index contributed by atoms with van der Waals surface area (Å²) in [6.45, 7) is 0. The molecule has 0 fully saturated rings. The smallest absolute Gasteiger partial charge is 0.164 e. The summed E-state index contributed by atoms with van der Waals surface area (Å²) in [5.74, 6) is 2.01. The van der Waals surface area contributed by atoms with Gasteiger partial charge in [0.25, 0.3) is 0 Å². The molecule has 1 aliphatic rings. The highest BCUT2D eigenvalue weighted by atomic mass is 32.2. The van der Waals surface area contributed by atoms with E-state index < -0.39 is 0 Å². The van der Waals surface area contributed by atoms with Crippen LogP contribution in [0.1, 0.15) is 0 Å². The maximum Gasteiger partial charge on any atom is 0.164 e. The number of hydrogen-bond donors (Lipinski definition) is 0. The average molecular weight is 542 g/mol. The van der Waals surface area contributed by atoms with Gasteiger partial charge >= 0.3 is 0 Å². The molecule has 0 spiro atoms. The van der Waals surface area contributed by atoms with Crippen molar-refractivity contribution in [1.82, 2.24) is 15.0 Å². The van der Waals surface area contributed by atoms with Crippen LogP contribution in [0.4, 0.5) is 0 Å². The summed E-state index contributed by atoms with van der Waals surface area (Å²) < 4.78 is 0. The molecule has 1 aromatic heterocycles. The Kier molecular flexibility index (Phi) is 5.71. The SMILES string of the molecule is c1ccc(-c2ccc3c(c2)-c2cccc4c(-c5nc(-c6ccccc6)nc(-c6ccccc6)n5)ccc(c24)S3)cc1. The summed E-state index contributed by atoms with van der Waals surface area (Å²) in [5, 5.41) is 2.39. The van der Waals surface area contributed by atoms with E-state index in [9.17, 15) is 0 Å². The van der Waals surface area contributed by atoms with E-state index in [1.54, 1.807) is 0 Å². The van der Waals surface area contributed by atoms with Crippen molar-refractivity contribution < 1.29 is 0 Å². The number of rotatable bonds is 4. The maximum absolute atomic E-state index is 5.02. The second kappa shape index (κ2) is 9.84. The average Bonchev–Trinajstić information content (AvgIpc) is 3.06. The quantitative estimate of drug-likeness (QED) is 0.222. The molecule has 0 amide bonds. The Hall–Kier alpha value is -5.06. The normalized spacial score (nSPS) is 11.8. The Bertz CT molecular complexity index is 2000. The lowest BCUT2D eigenvalue weighted by atomic mass is 9.93. The number of benzene rings is 6. The second-order valence-corrected chi connectivity index (χ2v) is 11.1. The zero-order valence-corrected chi connectivity index (χ0v) is 22.8. The van der Waals surface area contributed by atoms with Crippen molar-refractivity contribution in [2.24, 2.45) is 0 Å². The van der Waals surface area contributed by atoms with Gasteiger partial charge in [-0.15, -0.1) is 0 Å². The minimum absolute atomic E-state index is 0.669. The Morgan fingerprint density at radius 3 is 1.61 bits per heavy atom. The van der Waals surface area contributed by atoms with Gasteiger partial charge in [-0.25, -0.2) is 15.0 Å². The zero-order chi connectivity index (χ0) is 27.2. The lowest BCUT2D eigenvalue weighted by molar-refractivity contribution is 1.08. The fourth-order valence-electron chi connectivity index (χ4n) is 5.57. The monoisotopic (exact) mass is 541 g/mol. The van der Waals surface area contributed by atoms with Crippen LogP contribution in [0, 0.1) is 0 Å². The largest absolute Gasteiger partial charge is 0.208 e. The van der Waals surface area contributed by atoms with Crippen molar-refractivity contribution in [3.8, 4) is 56.4 Å². The molecule has 0 atom stereocenters. The van der Waals surface area contributed by atoms with Gasteiger partial charge < -0.3 is 0 Å². The highest BCUT2D eigenvalue weighted by Crippen LogP contribution is 2.50. The third-order valence-electron chi connectivity index (χ3n) is 7.54. The molecule has 41 heavy (non-hydrogen) atoms. The first-order valence-corrected chi connectivity index (χ1v) is 14.4. The fourth-order valence-corrected chi connectivity index (χ4v) is 6.68. The fraction of sp³-hybridized carbons (Fsp3) is 0. The standard InChI is InChI=1S/C37H23N3S/c1-4-11-24(12-5-1)27-19-21-32-31(23-27)29-18-10-17-28-30(20-22-33(41-32)34(28)29)37-39-35(25-13-6-2-7-14-25)38-36(40-37)26-15-8-3-9-16-26/h1-23H. The van der Waals surface area contributed by atoms with Crippen LogP contribution in [-0.4, -0.2) is 15.0 Å². The molecule has 7 aromatic rings. The van der Waals surface area contributed by atoms with Crippen LogP contribution in [0.5, 0.6) is 0 Å². The summed E-state index contributed by atoms with van der Waals surface area (Å²) in [7, 11) is 0. The van der Waals surface area contributed by atoms with E-state index >= 15 is 0 Å². The molecule has 1 aliphatic heterocycles. The van der Waals surface area contributed by atoms with Gasteiger partial charge in [-0.2, -0.15) is 0 Å². The van der Waals surface area contributed by atoms with E-state index in [4.69, 9.17) is 15.0 Å². The van der Waals surface area contributed by atoms with Crippen molar-refractivity contribution in [3.63, 3.8) is 0 Å². The minimum atomic E-state index is 0.669. The van der Waals surface area contributed by atoms with Crippen LogP contribution in [-0.2, 0) is 0 Å². The molecule has 0 aliphatic carbocycles. The van der Waals surface area contributed by atoms with Crippen LogP contribution in [0.15, 0.2) is 149 Å². The van der Waals surface area contributed by atoms with Crippen LogP contribution >= 0.6 is 11.8 Å². The summed E-state index contributed by atoms with van der Waals surface area (Å²) in [4.78, 5) is 17.5. The Labute approximate surface area is 242 Å². The molecular weight excluding hydrogens is 518 g/mol. The summed E-state index contributed by atoms with van der Waals surface area (Å²) in [5.41, 5.74) is 7.88. The highest BCUT2D eigenvalue weighted by Gasteiger charge is 2.22. The van der Waals surface area contributed by atoms with Crippen LogP contribution in [0.2, 0.25) is 0 Å². The van der Waals surface area contributed by atoms with Gasteiger partial charge in [-0.3, -0.25) is 0 Å². The molecule has 192 valence electrons. The molecule has 0 saturated carbocycles. The summed E-state index contributed by atoms with van der Waals surface area (Å²) in [6, 6.07) is 48.6. The number of nitrogens with zero attached hydrogens (tertiary/aromatic N) is 3. The molecule has 3 nitrogen and oxygen atoms in total. The highest BCUT2D eigenvalue weighted by molar-refractivity contribution is 7.99. The lowest BCUT2D eigenvalue weighted by Gasteiger charge is -2.22. The lowest BCUT2D eigenvalue weighted by Crippen LogP contribution is -2.01. The first-order chi connectivity index (χ1) is 20.3. The molecule has 2 heterocycles. The van der Waals surface area contributed by atoms with E-state index in [0.29, 0.717) is 17.5 Å². The molecule has 4 heteroatoms. The molecule has 0 bridgehead atoms. The number of hydrogen-bond acceptors (Lipinski definition) is 4. The van der Waals surface area contributed by atoms with E-state index in [0.717, 1.165) is 22.1 Å². The summed E-state index contributed by atoms with van der Waals surface area (Å²) in [6.07, 6.45) is 0. The van der Waals surface area contributed by atoms with Crippen molar-refractivity contribution in [2.75, 3.05) is 0 Å². The van der Waals surface area contributed by atoms with E-state index in [2.05, 4.69) is 78.9 Å². The predicted octanol–water partition coefficient (Wildman–Crippen LogP) is 9.82. The first kappa shape index (κ1) is 23.8. The van der Waals surface area contributed by atoms with Crippen molar-refractivity contribution in [1.29, 1.82) is 0 Å². The zero-order valence-electron chi connectivity index (χ0n) is 22.0. The molecule has 0 N–H and O–H groups in total. The van der Waals surface area contributed by atoms with Gasteiger partial charge in [0.2, 0.25) is 0 Å². The van der Waals surface area contributed by atoms with Gasteiger partial charge in [0.1, 0.15) is 0 Å². The molecular formula is C37H23N3S. The first-order valence-electron chi connectivity index (χ1n) is 13.6. The van der Waals surface area contributed by atoms with Crippen LogP contribution in [0.3, 0.4) is 0 Å². The Morgan fingerprint density at radius 2 is 0.951 bits per heavy atom. The van der Waals surface area contributed by atoms with Gasteiger partial charge in [0.05, 0.1) is 0 Å². The topological polar surface area (TPSA) is 38.7 Å². The van der Waals surface area contributed by atoms with Crippen molar-refractivity contribution in [3.05, 3.63) is 140 Å². The summed E-state index contributed by atoms with van der Waals surface area (Å²) >= 11 is 1.83. The molecule has 0 radical (unpaired) electrons. The molecule has 0 saturated heterocycles. The Balaban J connectivity index is 1.34. The third-order valence-corrected chi connectivity index (χ3v) is 8.68. The molecule has 6 aromatic carbocycles. The van der Waals surface area contributed by atoms with Gasteiger partial charge in [0, 0.05) is 31.9 Å². The van der Waals surface area contributed by atoms with E-state index in [-0.39, 0.29) is 0 Å². The number of fused-ring (bicyclic) bond motifs is 2.